The molecule has 0 aromatic heterocycles. The SMILES string of the molecule is Cc1ccc(CC2CC(N)CN(C3CCCC3)C2)cc1. The molecule has 0 bridgehead atoms. The topological polar surface area (TPSA) is 29.3 Å². The Kier molecular flexibility index (Phi) is 4.42. The fourth-order valence-corrected chi connectivity index (χ4v) is 4.06. The summed E-state index contributed by atoms with van der Waals surface area (Å²) in [6, 6.07) is 10.2. The van der Waals surface area contributed by atoms with Crippen LogP contribution in [-0.2, 0) is 6.42 Å². The van der Waals surface area contributed by atoms with Crippen LogP contribution in [0.1, 0.15) is 43.2 Å². The lowest BCUT2D eigenvalue weighted by atomic mass is 9.88. The van der Waals surface area contributed by atoms with E-state index in [1.807, 2.05) is 0 Å². The summed E-state index contributed by atoms with van der Waals surface area (Å²) in [6.45, 7) is 4.53. The fraction of sp³-hybridized carbons (Fsp3) is 0.667. The molecule has 1 aliphatic carbocycles. The highest BCUT2D eigenvalue weighted by molar-refractivity contribution is 5.21. The van der Waals surface area contributed by atoms with E-state index >= 15 is 0 Å². The molecule has 1 heterocycles. The molecule has 2 unspecified atom stereocenters. The lowest BCUT2D eigenvalue weighted by Crippen LogP contribution is -2.50. The molecular formula is C18H28N2. The molecule has 20 heavy (non-hydrogen) atoms. The van der Waals surface area contributed by atoms with Gasteiger partial charge < -0.3 is 5.73 Å². The van der Waals surface area contributed by atoms with Gasteiger partial charge in [-0.05, 0) is 44.1 Å². The summed E-state index contributed by atoms with van der Waals surface area (Å²) in [5.41, 5.74) is 9.14. The Bertz CT molecular complexity index is 420. The van der Waals surface area contributed by atoms with Gasteiger partial charge in [0.25, 0.3) is 0 Å². The van der Waals surface area contributed by atoms with Crippen LogP contribution in [0.3, 0.4) is 0 Å². The Morgan fingerprint density at radius 1 is 1.10 bits per heavy atom. The van der Waals surface area contributed by atoms with Crippen LogP contribution in [0.5, 0.6) is 0 Å². The van der Waals surface area contributed by atoms with Crippen LogP contribution in [0.4, 0.5) is 0 Å². The van der Waals surface area contributed by atoms with Gasteiger partial charge in [-0.15, -0.1) is 0 Å². The molecule has 110 valence electrons. The Balaban J connectivity index is 1.62. The number of hydrogen-bond donors (Lipinski definition) is 1. The maximum Gasteiger partial charge on any atom is 0.0171 e. The largest absolute Gasteiger partial charge is 0.327 e. The molecule has 1 saturated heterocycles. The van der Waals surface area contributed by atoms with Crippen molar-refractivity contribution < 1.29 is 0 Å². The number of rotatable bonds is 3. The Morgan fingerprint density at radius 2 is 1.80 bits per heavy atom. The molecule has 0 spiro atoms. The second-order valence-electron chi connectivity index (χ2n) is 6.94. The molecule has 0 radical (unpaired) electrons. The lowest BCUT2D eigenvalue weighted by Gasteiger charge is -2.40. The summed E-state index contributed by atoms with van der Waals surface area (Å²) >= 11 is 0. The smallest absolute Gasteiger partial charge is 0.0171 e. The van der Waals surface area contributed by atoms with Gasteiger partial charge in [0, 0.05) is 25.2 Å². The average molecular weight is 272 g/mol. The Hall–Kier alpha value is -0.860. The maximum absolute atomic E-state index is 6.32. The monoisotopic (exact) mass is 272 g/mol. The van der Waals surface area contributed by atoms with Gasteiger partial charge in [0.1, 0.15) is 0 Å². The number of piperidine rings is 1. The summed E-state index contributed by atoms with van der Waals surface area (Å²) in [5.74, 6) is 0.738. The van der Waals surface area contributed by atoms with E-state index in [1.54, 1.807) is 0 Å². The molecule has 2 heteroatoms. The van der Waals surface area contributed by atoms with Crippen molar-refractivity contribution in [2.24, 2.45) is 11.7 Å². The lowest BCUT2D eigenvalue weighted by molar-refractivity contribution is 0.111. The summed E-state index contributed by atoms with van der Waals surface area (Å²) in [6.07, 6.45) is 8.00. The Labute approximate surface area is 123 Å². The third-order valence-corrected chi connectivity index (χ3v) is 5.08. The first-order valence-electron chi connectivity index (χ1n) is 8.26. The van der Waals surface area contributed by atoms with E-state index in [9.17, 15) is 0 Å². The van der Waals surface area contributed by atoms with Gasteiger partial charge in [0.05, 0.1) is 0 Å². The molecule has 2 atom stereocenters. The number of benzene rings is 1. The highest BCUT2D eigenvalue weighted by atomic mass is 15.2. The van der Waals surface area contributed by atoms with E-state index in [-0.39, 0.29) is 0 Å². The van der Waals surface area contributed by atoms with Crippen molar-refractivity contribution in [2.45, 2.75) is 57.5 Å². The van der Waals surface area contributed by atoms with Gasteiger partial charge in [-0.1, -0.05) is 42.7 Å². The molecule has 1 aromatic rings. The van der Waals surface area contributed by atoms with Crippen molar-refractivity contribution >= 4 is 0 Å². The molecule has 3 rings (SSSR count). The van der Waals surface area contributed by atoms with E-state index in [1.165, 1.54) is 56.2 Å². The first-order chi connectivity index (χ1) is 9.70. The Morgan fingerprint density at radius 3 is 2.50 bits per heavy atom. The minimum absolute atomic E-state index is 0.375. The van der Waals surface area contributed by atoms with Crippen LogP contribution in [-0.4, -0.2) is 30.1 Å². The zero-order valence-electron chi connectivity index (χ0n) is 12.7. The van der Waals surface area contributed by atoms with Crippen molar-refractivity contribution in [3.63, 3.8) is 0 Å². The number of nitrogens with two attached hydrogens (primary N) is 1. The zero-order valence-corrected chi connectivity index (χ0v) is 12.7. The predicted octanol–water partition coefficient (Wildman–Crippen LogP) is 3.13. The van der Waals surface area contributed by atoms with E-state index < -0.39 is 0 Å². The van der Waals surface area contributed by atoms with E-state index in [4.69, 9.17) is 5.73 Å². The van der Waals surface area contributed by atoms with Crippen molar-refractivity contribution in [1.82, 2.24) is 4.90 Å². The van der Waals surface area contributed by atoms with Gasteiger partial charge >= 0.3 is 0 Å². The second-order valence-corrected chi connectivity index (χ2v) is 6.94. The molecule has 2 aliphatic rings. The van der Waals surface area contributed by atoms with Gasteiger partial charge in [-0.2, -0.15) is 0 Å². The third-order valence-electron chi connectivity index (χ3n) is 5.08. The normalized spacial score (nSPS) is 28.9. The van der Waals surface area contributed by atoms with E-state index in [2.05, 4.69) is 36.1 Å². The van der Waals surface area contributed by atoms with Crippen LogP contribution < -0.4 is 5.73 Å². The summed E-state index contributed by atoms with van der Waals surface area (Å²) < 4.78 is 0. The first-order valence-corrected chi connectivity index (χ1v) is 8.26. The van der Waals surface area contributed by atoms with Gasteiger partial charge in [-0.3, -0.25) is 4.90 Å². The minimum atomic E-state index is 0.375. The molecule has 0 amide bonds. The summed E-state index contributed by atoms with van der Waals surface area (Å²) in [4.78, 5) is 2.69. The maximum atomic E-state index is 6.32. The molecular weight excluding hydrogens is 244 g/mol. The minimum Gasteiger partial charge on any atom is -0.327 e. The molecule has 2 nitrogen and oxygen atoms in total. The van der Waals surface area contributed by atoms with Crippen LogP contribution >= 0.6 is 0 Å². The summed E-state index contributed by atoms with van der Waals surface area (Å²) in [7, 11) is 0. The van der Waals surface area contributed by atoms with Crippen LogP contribution in [0, 0.1) is 12.8 Å². The van der Waals surface area contributed by atoms with Crippen molar-refractivity contribution in [2.75, 3.05) is 13.1 Å². The number of aryl methyl sites for hydroxylation is 1. The van der Waals surface area contributed by atoms with Crippen LogP contribution in [0.15, 0.2) is 24.3 Å². The summed E-state index contributed by atoms with van der Waals surface area (Å²) in [5, 5.41) is 0. The van der Waals surface area contributed by atoms with Gasteiger partial charge in [0.2, 0.25) is 0 Å². The third kappa shape index (κ3) is 3.42. The van der Waals surface area contributed by atoms with E-state index in [0.717, 1.165) is 18.5 Å². The number of nitrogens with zero attached hydrogens (tertiary/aromatic N) is 1. The zero-order chi connectivity index (χ0) is 13.9. The highest BCUT2D eigenvalue weighted by Crippen LogP contribution is 2.29. The fourth-order valence-electron chi connectivity index (χ4n) is 4.06. The average Bonchev–Trinajstić information content (AvgIpc) is 2.95. The van der Waals surface area contributed by atoms with Crippen LogP contribution in [0.2, 0.25) is 0 Å². The highest BCUT2D eigenvalue weighted by Gasteiger charge is 2.31. The molecule has 2 fully saturated rings. The van der Waals surface area contributed by atoms with Crippen molar-refractivity contribution in [3.8, 4) is 0 Å². The van der Waals surface area contributed by atoms with Gasteiger partial charge in [0.15, 0.2) is 0 Å². The second kappa shape index (κ2) is 6.28. The standard InChI is InChI=1S/C18H28N2/c1-14-6-8-15(9-7-14)10-16-11-17(19)13-20(12-16)18-4-2-3-5-18/h6-9,16-18H,2-5,10-13,19H2,1H3. The molecule has 2 N–H and O–H groups in total. The molecule has 1 saturated carbocycles. The molecule has 1 aromatic carbocycles. The number of hydrogen-bond acceptors (Lipinski definition) is 2. The predicted molar refractivity (Wildman–Crippen MR) is 84.8 cm³/mol. The van der Waals surface area contributed by atoms with Crippen molar-refractivity contribution in [3.05, 3.63) is 35.4 Å². The quantitative estimate of drug-likeness (QED) is 0.916. The van der Waals surface area contributed by atoms with E-state index in [0.29, 0.717) is 6.04 Å². The van der Waals surface area contributed by atoms with Crippen LogP contribution in [0.25, 0.3) is 0 Å². The van der Waals surface area contributed by atoms with Crippen molar-refractivity contribution in [1.29, 1.82) is 0 Å². The number of likely N-dealkylation sites (tertiary alicyclic amines) is 1. The first kappa shape index (κ1) is 14.1. The molecule has 1 aliphatic heterocycles. The van der Waals surface area contributed by atoms with Gasteiger partial charge in [-0.25, -0.2) is 0 Å².